The Balaban J connectivity index is 2.06. The van der Waals surface area contributed by atoms with Crippen molar-refractivity contribution in [3.05, 3.63) is 54.1 Å². The summed E-state index contributed by atoms with van der Waals surface area (Å²) in [7, 11) is 0. The van der Waals surface area contributed by atoms with Crippen molar-refractivity contribution in [3.63, 3.8) is 0 Å². The largest absolute Gasteiger partial charge is 0.481 e. The van der Waals surface area contributed by atoms with Gasteiger partial charge >= 0.3 is 0 Å². The summed E-state index contributed by atoms with van der Waals surface area (Å²) in [5.74, 6) is 1.59. The third kappa shape index (κ3) is 4.76. The summed E-state index contributed by atoms with van der Waals surface area (Å²) in [6.07, 6.45) is 0.322. The van der Waals surface area contributed by atoms with E-state index in [4.69, 9.17) is 4.74 Å². The highest BCUT2D eigenvalue weighted by molar-refractivity contribution is 7.99. The van der Waals surface area contributed by atoms with Gasteiger partial charge in [-0.05, 0) is 42.9 Å². The summed E-state index contributed by atoms with van der Waals surface area (Å²) >= 11 is 1.71. The number of rotatable bonds is 7. The summed E-state index contributed by atoms with van der Waals surface area (Å²) in [5.41, 5.74) is 1.94. The molecule has 0 aromatic heterocycles. The first-order valence-corrected chi connectivity index (χ1v) is 8.91. The molecule has 0 radical (unpaired) electrons. The highest BCUT2D eigenvalue weighted by Crippen LogP contribution is 2.27. The molecular weight excluding hydrogens is 306 g/mol. The Morgan fingerprint density at radius 3 is 2.57 bits per heavy atom. The fraction of sp³-hybridized carbons (Fsp3) is 0.316. The minimum atomic E-state index is -0.553. The maximum Gasteiger partial charge on any atom is 0.265 e. The van der Waals surface area contributed by atoms with Gasteiger partial charge in [0.2, 0.25) is 0 Å². The molecule has 0 fully saturated rings. The number of hydrogen-bond acceptors (Lipinski definition) is 3. The van der Waals surface area contributed by atoms with Gasteiger partial charge in [-0.3, -0.25) is 4.79 Å². The molecule has 1 amide bonds. The van der Waals surface area contributed by atoms with E-state index in [1.54, 1.807) is 18.7 Å². The van der Waals surface area contributed by atoms with Crippen LogP contribution in [0, 0.1) is 0 Å². The number of ether oxygens (including phenoxy) is 1. The molecule has 1 atom stereocenters. The van der Waals surface area contributed by atoms with E-state index in [2.05, 4.69) is 19.2 Å². The summed E-state index contributed by atoms with van der Waals surface area (Å²) in [6.45, 7) is 5.94. The van der Waals surface area contributed by atoms with Crippen LogP contribution in [0.2, 0.25) is 0 Å². The topological polar surface area (TPSA) is 38.3 Å². The van der Waals surface area contributed by atoms with Gasteiger partial charge < -0.3 is 10.1 Å². The van der Waals surface area contributed by atoms with Crippen LogP contribution < -0.4 is 10.1 Å². The van der Waals surface area contributed by atoms with Crippen LogP contribution in [0.1, 0.15) is 26.3 Å². The molecule has 0 aliphatic heterocycles. The molecule has 0 aliphatic rings. The number of nitrogens with one attached hydrogen (secondary N) is 1. The van der Waals surface area contributed by atoms with Crippen molar-refractivity contribution in [2.24, 2.45) is 0 Å². The summed E-state index contributed by atoms with van der Waals surface area (Å²) in [4.78, 5) is 13.5. The summed E-state index contributed by atoms with van der Waals surface area (Å²) in [5, 5.41) is 2.97. The van der Waals surface area contributed by atoms with Gasteiger partial charge in [0.15, 0.2) is 6.10 Å². The van der Waals surface area contributed by atoms with Crippen molar-refractivity contribution in [2.75, 3.05) is 11.1 Å². The molecule has 1 N–H and O–H groups in total. The van der Waals surface area contributed by atoms with Crippen molar-refractivity contribution in [1.29, 1.82) is 0 Å². The molecule has 0 saturated carbocycles. The van der Waals surface area contributed by atoms with Crippen LogP contribution in [0.5, 0.6) is 5.75 Å². The molecule has 0 spiro atoms. The smallest absolute Gasteiger partial charge is 0.265 e. The number of thioether (sulfide) groups is 1. The van der Waals surface area contributed by atoms with Gasteiger partial charge in [0.1, 0.15) is 5.75 Å². The van der Waals surface area contributed by atoms with Gasteiger partial charge in [-0.15, -0.1) is 11.8 Å². The van der Waals surface area contributed by atoms with E-state index in [9.17, 15) is 4.79 Å². The zero-order valence-electron chi connectivity index (χ0n) is 13.8. The minimum Gasteiger partial charge on any atom is -0.481 e. The van der Waals surface area contributed by atoms with Crippen LogP contribution >= 0.6 is 11.8 Å². The van der Waals surface area contributed by atoms with Crippen molar-refractivity contribution in [3.8, 4) is 5.75 Å². The molecule has 0 aliphatic carbocycles. The molecule has 0 unspecified atom stereocenters. The summed E-state index contributed by atoms with van der Waals surface area (Å²) < 4.78 is 5.85. The lowest BCUT2D eigenvalue weighted by atomic mass is 10.1. The molecule has 0 saturated heterocycles. The van der Waals surface area contributed by atoms with E-state index >= 15 is 0 Å². The molecular formula is C19H23NO2S. The molecule has 0 bridgehead atoms. The molecule has 3 nitrogen and oxygen atoms in total. The highest BCUT2D eigenvalue weighted by Gasteiger charge is 2.17. The predicted molar refractivity (Wildman–Crippen MR) is 97.4 cm³/mol. The first kappa shape index (κ1) is 17.4. The molecule has 122 valence electrons. The summed E-state index contributed by atoms with van der Waals surface area (Å²) in [6, 6.07) is 15.7. The maximum absolute atomic E-state index is 12.4. The second-order valence-electron chi connectivity index (χ2n) is 5.14. The zero-order chi connectivity index (χ0) is 16.7. The first-order valence-electron chi connectivity index (χ1n) is 7.93. The van der Waals surface area contributed by atoms with Gasteiger partial charge in [-0.2, -0.15) is 0 Å². The normalized spacial score (nSPS) is 11.8. The minimum absolute atomic E-state index is 0.139. The molecule has 2 rings (SSSR count). The van der Waals surface area contributed by atoms with Crippen molar-refractivity contribution in [1.82, 2.24) is 0 Å². The van der Waals surface area contributed by atoms with E-state index in [1.165, 1.54) is 0 Å². The highest BCUT2D eigenvalue weighted by atomic mass is 32.2. The maximum atomic E-state index is 12.4. The van der Waals surface area contributed by atoms with Crippen molar-refractivity contribution in [2.45, 2.75) is 38.2 Å². The monoisotopic (exact) mass is 329 g/mol. The third-order valence-corrected chi connectivity index (χ3v) is 4.43. The number of amides is 1. The quantitative estimate of drug-likeness (QED) is 0.744. The predicted octanol–water partition coefficient (Wildman–Crippen LogP) is 4.77. The molecule has 2 aromatic rings. The Morgan fingerprint density at radius 2 is 1.83 bits per heavy atom. The van der Waals surface area contributed by atoms with E-state index < -0.39 is 6.10 Å². The number of anilines is 1. The lowest BCUT2D eigenvalue weighted by molar-refractivity contribution is -0.122. The van der Waals surface area contributed by atoms with Gasteiger partial charge in [0, 0.05) is 4.90 Å². The number of aryl methyl sites for hydroxylation is 1. The second kappa shape index (κ2) is 8.63. The Morgan fingerprint density at radius 1 is 1.13 bits per heavy atom. The fourth-order valence-electron chi connectivity index (χ4n) is 2.24. The van der Waals surface area contributed by atoms with Gasteiger partial charge in [0.05, 0.1) is 5.69 Å². The Labute approximate surface area is 142 Å². The number of carbonyl (C=O) groups is 1. The van der Waals surface area contributed by atoms with E-state index in [1.807, 2.05) is 48.5 Å². The van der Waals surface area contributed by atoms with Crippen LogP contribution in [0.15, 0.2) is 53.4 Å². The van der Waals surface area contributed by atoms with Crippen LogP contribution in [-0.4, -0.2) is 17.8 Å². The van der Waals surface area contributed by atoms with Gasteiger partial charge in [-0.25, -0.2) is 0 Å². The third-order valence-electron chi connectivity index (χ3n) is 3.47. The first-order chi connectivity index (χ1) is 11.2. The fourth-order valence-corrected chi connectivity index (χ4v) is 3.00. The van der Waals surface area contributed by atoms with Crippen LogP contribution in [-0.2, 0) is 11.2 Å². The van der Waals surface area contributed by atoms with E-state index in [0.29, 0.717) is 0 Å². The van der Waals surface area contributed by atoms with E-state index in [-0.39, 0.29) is 5.91 Å². The van der Waals surface area contributed by atoms with Gasteiger partial charge in [-0.1, -0.05) is 44.2 Å². The van der Waals surface area contributed by atoms with Gasteiger partial charge in [0.25, 0.3) is 5.91 Å². The second-order valence-corrected chi connectivity index (χ2v) is 6.45. The van der Waals surface area contributed by atoms with E-state index in [0.717, 1.165) is 34.1 Å². The zero-order valence-corrected chi connectivity index (χ0v) is 14.7. The lowest BCUT2D eigenvalue weighted by Crippen LogP contribution is -2.30. The number of benzene rings is 2. The SMILES string of the molecule is CCSc1ccccc1NC(=O)[C@H](C)Oc1ccccc1CC. The molecule has 2 aromatic carbocycles. The average Bonchev–Trinajstić information content (AvgIpc) is 2.57. The van der Waals surface area contributed by atoms with Crippen LogP contribution in [0.25, 0.3) is 0 Å². The molecule has 0 heterocycles. The van der Waals surface area contributed by atoms with Crippen molar-refractivity contribution < 1.29 is 9.53 Å². The number of hydrogen-bond donors (Lipinski definition) is 1. The standard InChI is InChI=1S/C19H23NO2S/c1-4-15-10-6-8-12-17(15)22-14(3)19(21)20-16-11-7-9-13-18(16)23-5-2/h6-14H,4-5H2,1-3H3,(H,20,21)/t14-/m0/s1. The Bertz CT molecular complexity index is 657. The Kier molecular flexibility index (Phi) is 6.53. The van der Waals surface area contributed by atoms with Crippen LogP contribution in [0.3, 0.4) is 0 Å². The van der Waals surface area contributed by atoms with Crippen molar-refractivity contribution >= 4 is 23.4 Å². The van der Waals surface area contributed by atoms with Crippen LogP contribution in [0.4, 0.5) is 5.69 Å². The Hall–Kier alpha value is -1.94. The molecule has 4 heteroatoms. The number of para-hydroxylation sites is 2. The molecule has 23 heavy (non-hydrogen) atoms. The lowest BCUT2D eigenvalue weighted by Gasteiger charge is -2.18. The number of carbonyl (C=O) groups excluding carboxylic acids is 1. The average molecular weight is 329 g/mol.